The minimum absolute atomic E-state index is 0.00576. The Bertz CT molecular complexity index is 1630. The molecule has 0 unspecified atom stereocenters. The summed E-state index contributed by atoms with van der Waals surface area (Å²) >= 11 is 0. The summed E-state index contributed by atoms with van der Waals surface area (Å²) in [5, 5.41) is 74.9. The Hall–Kier alpha value is -4.16. The van der Waals surface area contributed by atoms with Gasteiger partial charge < -0.3 is 78.4 Å². The van der Waals surface area contributed by atoms with Crippen LogP contribution in [0.15, 0.2) is 60.7 Å². The first-order chi connectivity index (χ1) is 26.7. The molecule has 0 radical (unpaired) electrons. The van der Waals surface area contributed by atoms with E-state index in [1.807, 2.05) is 0 Å². The molecule has 0 aliphatic carbocycles. The van der Waals surface area contributed by atoms with Crippen molar-refractivity contribution in [2.24, 2.45) is 0 Å². The van der Waals surface area contributed by atoms with Crippen LogP contribution in [0.1, 0.15) is 34.6 Å². The molecular weight excluding hydrogens is 752 g/mol. The zero-order valence-electron chi connectivity index (χ0n) is 30.0. The van der Waals surface area contributed by atoms with Crippen LogP contribution in [0, 0.1) is 0 Å². The highest BCUT2D eigenvalue weighted by Gasteiger charge is 2.63. The van der Waals surface area contributed by atoms with Crippen LogP contribution in [0.25, 0.3) is 0 Å². The van der Waals surface area contributed by atoms with Gasteiger partial charge in [-0.15, -0.1) is 0 Å². The molecule has 308 valence electrons. The van der Waals surface area contributed by atoms with Crippen molar-refractivity contribution in [2.75, 3.05) is 26.4 Å². The molecule has 14 atom stereocenters. The van der Waals surface area contributed by atoms with Gasteiger partial charge in [0.2, 0.25) is 5.79 Å². The van der Waals surface area contributed by atoms with Crippen molar-refractivity contribution in [3.63, 3.8) is 0 Å². The predicted molar refractivity (Wildman–Crippen MR) is 180 cm³/mol. The van der Waals surface area contributed by atoms with Gasteiger partial charge in [-0.25, -0.2) is 9.59 Å². The van der Waals surface area contributed by atoms with Gasteiger partial charge in [-0.3, -0.25) is 9.59 Å². The number of hydrogen-bond donors (Lipinski definition) is 7. The lowest BCUT2D eigenvalue weighted by Gasteiger charge is -2.48. The van der Waals surface area contributed by atoms with Crippen LogP contribution in [0.4, 0.5) is 0 Å². The van der Waals surface area contributed by atoms with Gasteiger partial charge in [-0.2, -0.15) is 0 Å². The minimum Gasteiger partial charge on any atom is -0.463 e. The molecule has 0 bridgehead atoms. The van der Waals surface area contributed by atoms with Gasteiger partial charge in [0.05, 0.1) is 24.3 Å². The smallest absolute Gasteiger partial charge is 0.338 e. The molecule has 3 aliphatic heterocycles. The number of hydrogen-bond acceptors (Lipinski definition) is 20. The summed E-state index contributed by atoms with van der Waals surface area (Å²) in [7, 11) is 0. The molecule has 0 spiro atoms. The molecule has 2 aromatic carbocycles. The fourth-order valence-corrected chi connectivity index (χ4v) is 6.27. The SMILES string of the molecule is CC(=O)OC[C@H]1O[C@H](O[C@]2(COC(C)=O)O[C@@H](CO)[C@H](O)[C@@H]2OC(=O)c2ccccc2)[C@@H](O[C@@H]2O[C@H](CO)[C@@H](O)[C@H](O)[C@H]2O)[C@H](O)[C@H]1OC(=O)c1ccccc1. The summed E-state index contributed by atoms with van der Waals surface area (Å²) in [4.78, 5) is 50.7. The van der Waals surface area contributed by atoms with Crippen molar-refractivity contribution in [3.05, 3.63) is 71.8 Å². The maximum Gasteiger partial charge on any atom is 0.338 e. The van der Waals surface area contributed by atoms with E-state index in [9.17, 15) is 54.9 Å². The Labute approximate surface area is 318 Å². The first-order valence-electron chi connectivity index (χ1n) is 17.4. The number of ether oxygens (including phenoxy) is 9. The van der Waals surface area contributed by atoms with Crippen LogP contribution in [0.3, 0.4) is 0 Å². The maximum atomic E-state index is 13.3. The van der Waals surface area contributed by atoms with E-state index in [-0.39, 0.29) is 11.1 Å². The van der Waals surface area contributed by atoms with E-state index in [0.29, 0.717) is 0 Å². The number of esters is 4. The third kappa shape index (κ3) is 9.68. The van der Waals surface area contributed by atoms with Crippen LogP contribution >= 0.6 is 0 Å². The van der Waals surface area contributed by atoms with Gasteiger partial charge in [-0.05, 0) is 24.3 Å². The van der Waals surface area contributed by atoms with Gasteiger partial charge in [0.1, 0.15) is 68.1 Å². The molecule has 2 aromatic rings. The third-order valence-electron chi connectivity index (χ3n) is 9.15. The summed E-state index contributed by atoms with van der Waals surface area (Å²) in [5.74, 6) is -6.33. The third-order valence-corrected chi connectivity index (χ3v) is 9.15. The summed E-state index contributed by atoms with van der Waals surface area (Å²) in [6.07, 6.45) is -24.3. The van der Waals surface area contributed by atoms with Crippen LogP contribution in [0.5, 0.6) is 0 Å². The topological polar surface area (TPSA) is 293 Å². The number of aliphatic hydroxyl groups excluding tert-OH is 7. The van der Waals surface area contributed by atoms with Crippen molar-refractivity contribution in [2.45, 2.75) is 99.4 Å². The standard InChI is InChI=1S/C36H44O20/c1-17(39)48-15-23-29(52-32(46)19-9-5-3-6-10-19)28(45)30(53-34-27(44)26(43)24(41)21(13-37)50-34)35(51-23)56-36(16-49-18(2)40)31(25(42)22(14-38)55-36)54-33(47)20-11-7-4-8-12-20/h3-12,21-31,34-35,37-38,41-45H,13-16H2,1-2H3/t21-,22+,23-,24-,25+,26+,27-,28-,29+,30+,31+,34+,35-,36+/m1/s1. The van der Waals surface area contributed by atoms with Gasteiger partial charge in [0.15, 0.2) is 24.8 Å². The molecule has 3 aliphatic rings. The summed E-state index contributed by atoms with van der Waals surface area (Å²) in [6.45, 7) is -1.35. The van der Waals surface area contributed by atoms with Gasteiger partial charge in [0.25, 0.3) is 0 Å². The molecule has 3 fully saturated rings. The van der Waals surface area contributed by atoms with Crippen molar-refractivity contribution >= 4 is 23.9 Å². The zero-order chi connectivity index (χ0) is 40.7. The van der Waals surface area contributed by atoms with Crippen LogP contribution in [-0.2, 0) is 52.2 Å². The second-order valence-electron chi connectivity index (χ2n) is 13.1. The summed E-state index contributed by atoms with van der Waals surface area (Å²) in [6, 6.07) is 15.0. The second-order valence-corrected chi connectivity index (χ2v) is 13.1. The van der Waals surface area contributed by atoms with Crippen molar-refractivity contribution in [1.29, 1.82) is 0 Å². The Morgan fingerprint density at radius 2 is 1.18 bits per heavy atom. The number of carbonyl (C=O) groups excluding carboxylic acids is 4. The predicted octanol–water partition coefficient (Wildman–Crippen LogP) is -2.70. The molecule has 0 amide bonds. The lowest BCUT2D eigenvalue weighted by Crippen LogP contribution is -2.67. The Morgan fingerprint density at radius 1 is 0.625 bits per heavy atom. The molecule has 20 heteroatoms. The summed E-state index contributed by atoms with van der Waals surface area (Å²) < 4.78 is 51.3. The van der Waals surface area contributed by atoms with E-state index in [0.717, 1.165) is 13.8 Å². The normalized spacial score (nSPS) is 35.6. The van der Waals surface area contributed by atoms with Crippen LogP contribution < -0.4 is 0 Å². The molecule has 3 saturated heterocycles. The Morgan fingerprint density at radius 3 is 1.73 bits per heavy atom. The number of carbonyl (C=O) groups is 4. The lowest BCUT2D eigenvalue weighted by atomic mass is 9.96. The second kappa shape index (κ2) is 18.9. The molecule has 5 rings (SSSR count). The summed E-state index contributed by atoms with van der Waals surface area (Å²) in [5.41, 5.74) is 0.0359. The molecule has 3 heterocycles. The largest absolute Gasteiger partial charge is 0.463 e. The zero-order valence-corrected chi connectivity index (χ0v) is 30.0. The minimum atomic E-state index is -2.59. The van der Waals surface area contributed by atoms with Crippen molar-refractivity contribution in [1.82, 2.24) is 0 Å². The quantitative estimate of drug-likeness (QED) is 0.0756. The molecular formula is C36H44O20. The molecule has 20 nitrogen and oxygen atoms in total. The average molecular weight is 797 g/mol. The van der Waals surface area contributed by atoms with E-state index in [1.165, 1.54) is 48.5 Å². The molecule has 7 N–H and O–H groups in total. The fraction of sp³-hybridized carbons (Fsp3) is 0.556. The van der Waals surface area contributed by atoms with E-state index in [4.69, 9.17) is 42.6 Å². The van der Waals surface area contributed by atoms with E-state index >= 15 is 0 Å². The highest BCUT2D eigenvalue weighted by Crippen LogP contribution is 2.40. The fourth-order valence-electron chi connectivity index (χ4n) is 6.27. The van der Waals surface area contributed by atoms with Gasteiger partial charge >= 0.3 is 23.9 Å². The van der Waals surface area contributed by atoms with E-state index in [1.54, 1.807) is 12.1 Å². The van der Waals surface area contributed by atoms with Gasteiger partial charge in [-0.1, -0.05) is 36.4 Å². The Balaban J connectivity index is 1.57. The number of benzene rings is 2. The first-order valence-corrected chi connectivity index (χ1v) is 17.4. The lowest BCUT2D eigenvalue weighted by molar-refractivity contribution is -0.407. The van der Waals surface area contributed by atoms with Crippen LogP contribution in [0.2, 0.25) is 0 Å². The maximum absolute atomic E-state index is 13.3. The average Bonchev–Trinajstić information content (AvgIpc) is 3.45. The van der Waals surface area contributed by atoms with Crippen LogP contribution in [-0.4, -0.2) is 172 Å². The monoisotopic (exact) mass is 796 g/mol. The van der Waals surface area contributed by atoms with Crippen molar-refractivity contribution in [3.8, 4) is 0 Å². The number of aliphatic hydroxyl groups is 7. The van der Waals surface area contributed by atoms with E-state index in [2.05, 4.69) is 0 Å². The Kier molecular flexibility index (Phi) is 14.5. The van der Waals surface area contributed by atoms with E-state index < -0.39 is 136 Å². The molecule has 0 saturated carbocycles. The highest BCUT2D eigenvalue weighted by atomic mass is 16.8. The van der Waals surface area contributed by atoms with Gasteiger partial charge in [0, 0.05) is 13.8 Å². The molecule has 0 aromatic heterocycles. The van der Waals surface area contributed by atoms with Crippen molar-refractivity contribution < 1.29 is 97.6 Å². The first kappa shape index (κ1) is 43.0. The number of rotatable bonds is 14. The molecule has 56 heavy (non-hydrogen) atoms. The highest BCUT2D eigenvalue weighted by molar-refractivity contribution is 5.90.